The maximum Gasteiger partial charge on any atom is 0.168 e. The van der Waals surface area contributed by atoms with E-state index >= 15 is 0 Å². The summed E-state index contributed by atoms with van der Waals surface area (Å²) in [5.74, 6) is 0. The minimum absolute atomic E-state index is 0.279. The number of hydrogen-bond acceptors (Lipinski definition) is 1. The number of benzene rings is 1. The van der Waals surface area contributed by atoms with Gasteiger partial charge in [-0.15, -0.1) is 0 Å². The smallest absolute Gasteiger partial charge is 0.168 e. The van der Waals surface area contributed by atoms with Crippen molar-refractivity contribution in [2.24, 2.45) is 5.73 Å². The first-order valence-corrected chi connectivity index (χ1v) is 3.58. The van der Waals surface area contributed by atoms with Crippen molar-refractivity contribution < 1.29 is 0 Å². The lowest BCUT2D eigenvalue weighted by Crippen LogP contribution is -2.18. The van der Waals surface area contributed by atoms with Gasteiger partial charge >= 0.3 is 0 Å². The van der Waals surface area contributed by atoms with Crippen LogP contribution >= 0.6 is 12.2 Å². The van der Waals surface area contributed by atoms with Gasteiger partial charge in [0.2, 0.25) is 0 Å². The lowest BCUT2D eigenvalue weighted by atomic mass is 10.2. The molecule has 0 spiro atoms. The summed E-state index contributed by atoms with van der Waals surface area (Å²) in [7, 11) is 0. The monoisotopic (exact) mass is 165 g/mol. The van der Waals surface area contributed by atoms with Gasteiger partial charge in [0.15, 0.2) is 5.11 Å². The molecule has 0 atom stereocenters. The summed E-state index contributed by atoms with van der Waals surface area (Å²) < 4.78 is 0. The van der Waals surface area contributed by atoms with Crippen molar-refractivity contribution in [1.82, 2.24) is 0 Å². The van der Waals surface area contributed by atoms with Crippen molar-refractivity contribution in [3.05, 3.63) is 36.8 Å². The molecule has 3 N–H and O–H groups in total. The Hall–Kier alpha value is -1.09. The first kappa shape index (κ1) is 8.01. The van der Waals surface area contributed by atoms with Crippen LogP contribution in [-0.4, -0.2) is 5.11 Å². The first-order chi connectivity index (χ1) is 5.18. The van der Waals surface area contributed by atoms with E-state index in [0.29, 0.717) is 0 Å². The van der Waals surface area contributed by atoms with Crippen LogP contribution in [-0.2, 0) is 0 Å². The van der Waals surface area contributed by atoms with E-state index < -0.39 is 0 Å². The summed E-state index contributed by atoms with van der Waals surface area (Å²) in [5, 5.41) is 3.09. The second-order valence-electron chi connectivity index (χ2n) is 2.19. The Morgan fingerprint density at radius 1 is 1.36 bits per heavy atom. The molecule has 0 heterocycles. The molecular weight excluding hydrogens is 156 g/mol. The predicted molar refractivity (Wildman–Crippen MR) is 51.3 cm³/mol. The van der Waals surface area contributed by atoms with Crippen molar-refractivity contribution in [2.45, 2.75) is 0 Å². The Kier molecular flexibility index (Phi) is 2.44. The third kappa shape index (κ3) is 2.55. The van der Waals surface area contributed by atoms with Crippen LogP contribution in [0.3, 0.4) is 0 Å². The summed E-state index contributed by atoms with van der Waals surface area (Å²) in [5.41, 5.74) is 7.13. The fourth-order valence-electron chi connectivity index (χ4n) is 0.730. The van der Waals surface area contributed by atoms with E-state index in [1.165, 1.54) is 0 Å². The number of anilines is 1. The minimum Gasteiger partial charge on any atom is -0.376 e. The minimum atomic E-state index is 0.279. The maximum atomic E-state index is 5.27. The molecule has 0 aliphatic carbocycles. The van der Waals surface area contributed by atoms with Crippen LogP contribution in [0, 0.1) is 6.92 Å². The highest BCUT2D eigenvalue weighted by Crippen LogP contribution is 2.07. The molecule has 0 saturated heterocycles. The standard InChI is InChI=1S/C8H9N2S/c1-6-2-4-7(5-3-6)10-8(9)11/h2-5H,1H2,(H3,9,10,11). The molecule has 1 rings (SSSR count). The second kappa shape index (κ2) is 3.34. The van der Waals surface area contributed by atoms with Crippen LogP contribution in [0.25, 0.3) is 0 Å². The zero-order valence-corrected chi connectivity index (χ0v) is 6.82. The summed E-state index contributed by atoms with van der Waals surface area (Å²) in [6.45, 7) is 3.75. The van der Waals surface area contributed by atoms with Crippen LogP contribution in [0.5, 0.6) is 0 Å². The maximum absolute atomic E-state index is 5.27. The molecule has 0 saturated carbocycles. The number of nitrogens with two attached hydrogens (primary N) is 1. The Morgan fingerprint density at radius 3 is 2.36 bits per heavy atom. The lowest BCUT2D eigenvalue weighted by Gasteiger charge is -2.02. The van der Waals surface area contributed by atoms with Crippen molar-refractivity contribution >= 4 is 23.0 Å². The van der Waals surface area contributed by atoms with Gasteiger partial charge < -0.3 is 11.1 Å². The number of hydrogen-bond donors (Lipinski definition) is 2. The number of rotatable bonds is 1. The van der Waals surface area contributed by atoms with E-state index in [9.17, 15) is 0 Å². The molecule has 1 radical (unpaired) electrons. The van der Waals surface area contributed by atoms with Gasteiger partial charge in [-0.1, -0.05) is 12.1 Å². The molecule has 0 aromatic heterocycles. The van der Waals surface area contributed by atoms with Gasteiger partial charge in [-0.2, -0.15) is 0 Å². The normalized spacial score (nSPS) is 9.18. The average Bonchev–Trinajstić information content (AvgIpc) is 1.93. The van der Waals surface area contributed by atoms with Gasteiger partial charge in [0.1, 0.15) is 0 Å². The topological polar surface area (TPSA) is 38.0 Å². The summed E-state index contributed by atoms with van der Waals surface area (Å²) in [6.07, 6.45) is 0. The molecule has 57 valence electrons. The van der Waals surface area contributed by atoms with Crippen molar-refractivity contribution in [3.8, 4) is 0 Å². The molecule has 0 amide bonds. The van der Waals surface area contributed by atoms with E-state index in [1.54, 1.807) is 0 Å². The van der Waals surface area contributed by atoms with Crippen LogP contribution in [0.4, 0.5) is 5.69 Å². The molecule has 2 nitrogen and oxygen atoms in total. The fraction of sp³-hybridized carbons (Fsp3) is 0. The van der Waals surface area contributed by atoms with E-state index in [4.69, 9.17) is 5.73 Å². The molecule has 11 heavy (non-hydrogen) atoms. The van der Waals surface area contributed by atoms with Gasteiger partial charge in [-0.3, -0.25) is 0 Å². The number of thiocarbonyl (C=S) groups is 1. The summed E-state index contributed by atoms with van der Waals surface area (Å²) in [6, 6.07) is 7.53. The third-order valence-electron chi connectivity index (χ3n) is 1.22. The Labute approximate surface area is 71.4 Å². The predicted octanol–water partition coefficient (Wildman–Crippen LogP) is 1.52. The van der Waals surface area contributed by atoms with E-state index in [2.05, 4.69) is 24.5 Å². The lowest BCUT2D eigenvalue weighted by molar-refractivity contribution is 1.57. The van der Waals surface area contributed by atoms with E-state index in [1.807, 2.05) is 24.3 Å². The summed E-state index contributed by atoms with van der Waals surface area (Å²) in [4.78, 5) is 0. The Balaban J connectivity index is 2.74. The Bertz CT molecular complexity index is 253. The third-order valence-corrected chi connectivity index (χ3v) is 1.32. The average molecular weight is 165 g/mol. The van der Waals surface area contributed by atoms with Crippen LogP contribution in [0.1, 0.15) is 5.56 Å². The second-order valence-corrected chi connectivity index (χ2v) is 2.63. The van der Waals surface area contributed by atoms with E-state index in [-0.39, 0.29) is 5.11 Å². The summed E-state index contributed by atoms with van der Waals surface area (Å²) >= 11 is 4.66. The van der Waals surface area contributed by atoms with Crippen molar-refractivity contribution in [2.75, 3.05) is 5.32 Å². The van der Waals surface area contributed by atoms with Crippen LogP contribution in [0.15, 0.2) is 24.3 Å². The molecule has 3 heteroatoms. The van der Waals surface area contributed by atoms with Crippen LogP contribution in [0.2, 0.25) is 0 Å². The highest BCUT2D eigenvalue weighted by molar-refractivity contribution is 7.80. The highest BCUT2D eigenvalue weighted by Gasteiger charge is 1.90. The first-order valence-electron chi connectivity index (χ1n) is 3.17. The fourth-order valence-corrected chi connectivity index (χ4v) is 0.848. The SMILES string of the molecule is [CH2]c1ccc(NC(N)=S)cc1. The number of nitrogens with one attached hydrogen (secondary N) is 1. The zero-order chi connectivity index (χ0) is 8.27. The van der Waals surface area contributed by atoms with Gasteiger partial charge in [0.05, 0.1) is 0 Å². The van der Waals surface area contributed by atoms with Crippen molar-refractivity contribution in [3.63, 3.8) is 0 Å². The van der Waals surface area contributed by atoms with Gasteiger partial charge in [-0.25, -0.2) is 0 Å². The van der Waals surface area contributed by atoms with E-state index in [0.717, 1.165) is 11.3 Å². The molecular formula is C8H9N2S. The molecule has 0 aliphatic heterocycles. The molecule has 1 aromatic carbocycles. The molecule has 0 bridgehead atoms. The zero-order valence-electron chi connectivity index (χ0n) is 6.00. The molecule has 1 aromatic rings. The van der Waals surface area contributed by atoms with Gasteiger partial charge in [-0.05, 0) is 36.8 Å². The quantitative estimate of drug-likeness (QED) is 0.620. The van der Waals surface area contributed by atoms with Crippen LogP contribution < -0.4 is 11.1 Å². The molecule has 0 fully saturated rings. The molecule has 0 unspecified atom stereocenters. The Morgan fingerprint density at radius 2 is 1.91 bits per heavy atom. The van der Waals surface area contributed by atoms with Crippen molar-refractivity contribution in [1.29, 1.82) is 0 Å². The largest absolute Gasteiger partial charge is 0.376 e. The van der Waals surface area contributed by atoms with Gasteiger partial charge in [0.25, 0.3) is 0 Å². The highest BCUT2D eigenvalue weighted by atomic mass is 32.1. The van der Waals surface area contributed by atoms with Gasteiger partial charge in [0, 0.05) is 5.69 Å². The molecule has 0 aliphatic rings.